The topological polar surface area (TPSA) is 69.8 Å². The molecule has 1 aromatic rings. The van der Waals surface area contributed by atoms with E-state index < -0.39 is 0 Å². The number of aliphatic hydroxyl groups is 1. The molecule has 2 fully saturated rings. The molecular weight excluding hydrogens is 282 g/mol. The van der Waals surface area contributed by atoms with Gasteiger partial charge >= 0.3 is 0 Å². The number of carbonyl (C=O) groups is 1. The largest absolute Gasteiger partial charge is 0.392 e. The first kappa shape index (κ1) is 15.5. The van der Waals surface area contributed by atoms with Gasteiger partial charge in [0.15, 0.2) is 11.5 Å². The number of likely N-dealkylation sites (tertiary alicyclic amines) is 2. The fraction of sp³-hybridized carbons (Fsp3) is 0.750. The monoisotopic (exact) mass is 307 g/mol. The maximum absolute atomic E-state index is 12.5. The summed E-state index contributed by atoms with van der Waals surface area (Å²) >= 11 is 0. The van der Waals surface area contributed by atoms with Crippen molar-refractivity contribution in [2.24, 2.45) is 0 Å². The molecule has 0 aromatic carbocycles. The van der Waals surface area contributed by atoms with Gasteiger partial charge in [-0.05, 0) is 32.2 Å². The number of β-amino-alcohol motifs (C(OH)–C–C–N with tert-alkyl or cyclic N) is 1. The highest BCUT2D eigenvalue weighted by atomic mass is 16.5. The lowest BCUT2D eigenvalue weighted by Crippen LogP contribution is -2.37. The fourth-order valence-electron chi connectivity index (χ4n) is 3.32. The molecule has 0 bridgehead atoms. The Labute approximate surface area is 131 Å². The molecule has 6 nitrogen and oxygen atoms in total. The van der Waals surface area contributed by atoms with Crippen molar-refractivity contribution in [2.75, 3.05) is 26.2 Å². The number of carbonyl (C=O) groups excluding carboxylic acids is 1. The highest BCUT2D eigenvalue weighted by Crippen LogP contribution is 2.16. The minimum Gasteiger partial charge on any atom is -0.392 e. The maximum atomic E-state index is 12.5. The number of amides is 1. The summed E-state index contributed by atoms with van der Waals surface area (Å²) in [7, 11) is 0. The Bertz CT molecular complexity index is 495. The Kier molecular flexibility index (Phi) is 5.10. The van der Waals surface area contributed by atoms with Crippen LogP contribution in [0.15, 0.2) is 10.6 Å². The maximum Gasteiger partial charge on any atom is 0.276 e. The Hall–Kier alpha value is -1.40. The van der Waals surface area contributed by atoms with Crippen LogP contribution in [0.25, 0.3) is 0 Å². The van der Waals surface area contributed by atoms with Gasteiger partial charge in [0.25, 0.3) is 5.91 Å². The first-order valence-electron chi connectivity index (χ1n) is 8.37. The zero-order valence-corrected chi connectivity index (χ0v) is 13.0. The summed E-state index contributed by atoms with van der Waals surface area (Å²) in [6, 6.07) is 1.76. The normalized spacial score (nSPS) is 24.2. The SMILES string of the molecule is O=C(c1cc(CN2CCC[C@@H](O)C2)on1)N1CCCCCC1. The molecule has 2 saturated heterocycles. The lowest BCUT2D eigenvalue weighted by Gasteiger charge is -2.28. The van der Waals surface area contributed by atoms with Gasteiger partial charge in [0.2, 0.25) is 0 Å². The van der Waals surface area contributed by atoms with Gasteiger partial charge in [0.1, 0.15) is 0 Å². The van der Waals surface area contributed by atoms with E-state index >= 15 is 0 Å². The number of aliphatic hydroxyl groups excluding tert-OH is 1. The Balaban J connectivity index is 1.59. The second-order valence-electron chi connectivity index (χ2n) is 6.42. The summed E-state index contributed by atoms with van der Waals surface area (Å²) in [5, 5.41) is 13.7. The fourth-order valence-corrected chi connectivity index (χ4v) is 3.32. The number of aromatic nitrogens is 1. The highest BCUT2D eigenvalue weighted by Gasteiger charge is 2.23. The van der Waals surface area contributed by atoms with Gasteiger partial charge in [-0.15, -0.1) is 0 Å². The van der Waals surface area contributed by atoms with E-state index in [0.717, 1.165) is 45.3 Å². The summed E-state index contributed by atoms with van der Waals surface area (Å²) < 4.78 is 5.33. The van der Waals surface area contributed by atoms with Gasteiger partial charge < -0.3 is 14.5 Å². The van der Waals surface area contributed by atoms with Crippen LogP contribution in [-0.4, -0.2) is 58.3 Å². The molecule has 0 saturated carbocycles. The van der Waals surface area contributed by atoms with Crippen LogP contribution < -0.4 is 0 Å². The standard InChI is InChI=1S/C16H25N3O3/c20-13-6-5-7-18(11-13)12-14-10-15(17-22-14)16(21)19-8-3-1-2-4-9-19/h10,13,20H,1-9,11-12H2/t13-/m1/s1. The number of piperidine rings is 1. The van der Waals surface area contributed by atoms with Crippen LogP contribution in [0, 0.1) is 0 Å². The molecule has 3 rings (SSSR count). The smallest absolute Gasteiger partial charge is 0.276 e. The number of hydrogen-bond acceptors (Lipinski definition) is 5. The van der Waals surface area contributed by atoms with Crippen LogP contribution in [0.5, 0.6) is 0 Å². The van der Waals surface area contributed by atoms with Crippen LogP contribution in [0.2, 0.25) is 0 Å². The lowest BCUT2D eigenvalue weighted by molar-refractivity contribution is 0.0622. The number of hydrogen-bond donors (Lipinski definition) is 1. The van der Waals surface area contributed by atoms with Crippen molar-refractivity contribution in [1.82, 2.24) is 15.0 Å². The van der Waals surface area contributed by atoms with Gasteiger partial charge in [-0.2, -0.15) is 0 Å². The zero-order valence-electron chi connectivity index (χ0n) is 13.0. The van der Waals surface area contributed by atoms with Crippen LogP contribution in [0.3, 0.4) is 0 Å². The van der Waals surface area contributed by atoms with Gasteiger partial charge in [-0.3, -0.25) is 9.69 Å². The molecule has 0 unspecified atom stereocenters. The molecule has 1 aromatic heterocycles. The minimum absolute atomic E-state index is 0.0180. The van der Waals surface area contributed by atoms with Gasteiger partial charge in [-0.25, -0.2) is 0 Å². The van der Waals surface area contributed by atoms with E-state index in [4.69, 9.17) is 4.52 Å². The van der Waals surface area contributed by atoms with E-state index in [-0.39, 0.29) is 12.0 Å². The number of rotatable bonds is 3. The predicted octanol–water partition coefficient (Wildman–Crippen LogP) is 1.65. The molecular formula is C16H25N3O3. The van der Waals surface area contributed by atoms with E-state index in [1.165, 1.54) is 12.8 Å². The van der Waals surface area contributed by atoms with E-state index in [0.29, 0.717) is 24.5 Å². The predicted molar refractivity (Wildman–Crippen MR) is 81.4 cm³/mol. The van der Waals surface area contributed by atoms with Crippen molar-refractivity contribution in [3.63, 3.8) is 0 Å². The third-order valence-electron chi connectivity index (χ3n) is 4.53. The van der Waals surface area contributed by atoms with E-state index in [1.807, 2.05) is 4.90 Å². The third-order valence-corrected chi connectivity index (χ3v) is 4.53. The highest BCUT2D eigenvalue weighted by molar-refractivity contribution is 5.92. The second kappa shape index (κ2) is 7.24. The molecule has 1 N–H and O–H groups in total. The first-order valence-corrected chi connectivity index (χ1v) is 8.37. The van der Waals surface area contributed by atoms with Crippen molar-refractivity contribution < 1.29 is 14.4 Å². The Morgan fingerprint density at radius 1 is 1.23 bits per heavy atom. The van der Waals surface area contributed by atoms with Crippen LogP contribution >= 0.6 is 0 Å². The van der Waals surface area contributed by atoms with E-state index in [2.05, 4.69) is 10.1 Å². The van der Waals surface area contributed by atoms with Crippen LogP contribution in [-0.2, 0) is 6.54 Å². The molecule has 2 aliphatic heterocycles. The second-order valence-corrected chi connectivity index (χ2v) is 6.42. The Morgan fingerprint density at radius 3 is 2.73 bits per heavy atom. The molecule has 2 aliphatic rings. The number of nitrogens with zero attached hydrogens (tertiary/aromatic N) is 3. The first-order chi connectivity index (χ1) is 10.7. The van der Waals surface area contributed by atoms with Crippen LogP contribution in [0.1, 0.15) is 54.8 Å². The van der Waals surface area contributed by atoms with Gasteiger partial charge in [0, 0.05) is 25.7 Å². The average molecular weight is 307 g/mol. The molecule has 22 heavy (non-hydrogen) atoms. The van der Waals surface area contributed by atoms with Crippen molar-refractivity contribution >= 4 is 5.91 Å². The van der Waals surface area contributed by atoms with Crippen molar-refractivity contribution in [3.05, 3.63) is 17.5 Å². The molecule has 0 radical (unpaired) electrons. The molecule has 122 valence electrons. The zero-order chi connectivity index (χ0) is 15.4. The molecule has 0 spiro atoms. The summed E-state index contributed by atoms with van der Waals surface area (Å²) in [5.41, 5.74) is 0.412. The van der Waals surface area contributed by atoms with Crippen molar-refractivity contribution in [1.29, 1.82) is 0 Å². The van der Waals surface area contributed by atoms with Gasteiger partial charge in [0.05, 0.1) is 12.6 Å². The molecule has 0 aliphatic carbocycles. The summed E-state index contributed by atoms with van der Waals surface area (Å²) in [4.78, 5) is 16.5. The van der Waals surface area contributed by atoms with Crippen molar-refractivity contribution in [2.45, 2.75) is 51.2 Å². The van der Waals surface area contributed by atoms with E-state index in [9.17, 15) is 9.90 Å². The summed E-state index contributed by atoms with van der Waals surface area (Å²) in [6.07, 6.45) is 6.15. The molecule has 1 atom stereocenters. The quantitative estimate of drug-likeness (QED) is 0.919. The summed E-state index contributed by atoms with van der Waals surface area (Å²) in [5.74, 6) is 0.683. The molecule has 6 heteroatoms. The average Bonchev–Trinajstić information content (AvgIpc) is 2.80. The molecule has 3 heterocycles. The third kappa shape index (κ3) is 3.87. The van der Waals surface area contributed by atoms with Crippen molar-refractivity contribution in [3.8, 4) is 0 Å². The minimum atomic E-state index is -0.255. The van der Waals surface area contributed by atoms with Gasteiger partial charge in [-0.1, -0.05) is 18.0 Å². The van der Waals surface area contributed by atoms with Crippen LogP contribution in [0.4, 0.5) is 0 Å². The summed E-state index contributed by atoms with van der Waals surface area (Å²) in [6.45, 7) is 3.86. The lowest BCUT2D eigenvalue weighted by atomic mass is 10.1. The van der Waals surface area contributed by atoms with E-state index in [1.54, 1.807) is 6.07 Å². The Morgan fingerprint density at radius 2 is 2.00 bits per heavy atom. The molecule has 1 amide bonds.